The molecule has 3 amide bonds. The van der Waals surface area contributed by atoms with Gasteiger partial charge in [0.25, 0.3) is 0 Å². The van der Waals surface area contributed by atoms with Crippen molar-refractivity contribution < 1.29 is 24.2 Å². The second kappa shape index (κ2) is 10.9. The van der Waals surface area contributed by atoms with Crippen LogP contribution in [0.4, 0.5) is 4.79 Å². The van der Waals surface area contributed by atoms with Crippen molar-refractivity contribution in [2.45, 2.75) is 45.2 Å². The van der Waals surface area contributed by atoms with Gasteiger partial charge in [-0.25, -0.2) is 9.59 Å². The molecule has 0 spiro atoms. The number of carboxylic acids is 1. The van der Waals surface area contributed by atoms with Crippen molar-refractivity contribution in [3.05, 3.63) is 0 Å². The fourth-order valence-corrected chi connectivity index (χ4v) is 1.55. The lowest BCUT2D eigenvalue weighted by molar-refractivity contribution is -0.139. The molecule has 0 aromatic carbocycles. The summed E-state index contributed by atoms with van der Waals surface area (Å²) in [5, 5.41) is 16.4. The molecule has 4 N–H and O–H groups in total. The SMILES string of the molecule is CCCNC(=O)C(C)NC(=O)NC(CCCOC)C(=O)O. The van der Waals surface area contributed by atoms with Crippen LogP contribution in [0.15, 0.2) is 0 Å². The number of amides is 3. The van der Waals surface area contributed by atoms with E-state index in [1.165, 1.54) is 14.0 Å². The quantitative estimate of drug-likeness (QED) is 0.426. The highest BCUT2D eigenvalue weighted by molar-refractivity contribution is 5.88. The van der Waals surface area contributed by atoms with Gasteiger partial charge >= 0.3 is 12.0 Å². The molecule has 0 radical (unpaired) electrons. The highest BCUT2D eigenvalue weighted by atomic mass is 16.5. The summed E-state index contributed by atoms with van der Waals surface area (Å²) in [6.45, 7) is 4.40. The standard InChI is InChI=1S/C13H25N3O5/c1-4-7-14-11(17)9(2)15-13(20)16-10(12(18)19)6-5-8-21-3/h9-10H,4-8H2,1-3H3,(H,14,17)(H,18,19)(H2,15,16,20). The molecular weight excluding hydrogens is 278 g/mol. The molecule has 0 heterocycles. The van der Waals surface area contributed by atoms with E-state index in [2.05, 4.69) is 16.0 Å². The number of carboxylic acid groups (broad SMARTS) is 1. The van der Waals surface area contributed by atoms with Gasteiger partial charge in [-0.05, 0) is 26.2 Å². The van der Waals surface area contributed by atoms with Gasteiger partial charge < -0.3 is 25.8 Å². The Hall–Kier alpha value is -1.83. The lowest BCUT2D eigenvalue weighted by Crippen LogP contribution is -2.52. The molecule has 2 atom stereocenters. The molecule has 122 valence electrons. The Bertz CT molecular complexity index is 349. The molecule has 8 heteroatoms. The fraction of sp³-hybridized carbons (Fsp3) is 0.769. The van der Waals surface area contributed by atoms with Gasteiger partial charge in [-0.3, -0.25) is 4.79 Å². The molecule has 0 aromatic rings. The van der Waals surface area contributed by atoms with E-state index >= 15 is 0 Å². The maximum atomic E-state index is 11.7. The van der Waals surface area contributed by atoms with Crippen molar-refractivity contribution in [2.75, 3.05) is 20.3 Å². The van der Waals surface area contributed by atoms with E-state index in [0.29, 0.717) is 19.6 Å². The first-order chi connectivity index (χ1) is 9.92. The molecule has 0 saturated heterocycles. The van der Waals surface area contributed by atoms with Gasteiger partial charge in [0, 0.05) is 20.3 Å². The van der Waals surface area contributed by atoms with Crippen LogP contribution in [0, 0.1) is 0 Å². The number of carbonyl (C=O) groups excluding carboxylic acids is 2. The molecular formula is C13H25N3O5. The van der Waals surface area contributed by atoms with Crippen molar-refractivity contribution in [3.8, 4) is 0 Å². The summed E-state index contributed by atoms with van der Waals surface area (Å²) >= 11 is 0. The lowest BCUT2D eigenvalue weighted by atomic mass is 10.1. The molecule has 21 heavy (non-hydrogen) atoms. The molecule has 0 aliphatic rings. The first-order valence-corrected chi connectivity index (χ1v) is 6.98. The number of rotatable bonds is 10. The molecule has 0 aliphatic heterocycles. The van der Waals surface area contributed by atoms with Gasteiger partial charge in [0.1, 0.15) is 12.1 Å². The van der Waals surface area contributed by atoms with Crippen LogP contribution < -0.4 is 16.0 Å². The fourth-order valence-electron chi connectivity index (χ4n) is 1.55. The minimum absolute atomic E-state index is 0.257. The van der Waals surface area contributed by atoms with Gasteiger partial charge in [0.05, 0.1) is 0 Å². The Kier molecular flexibility index (Phi) is 9.95. The van der Waals surface area contributed by atoms with Crippen LogP contribution in [0.2, 0.25) is 0 Å². The number of carbonyl (C=O) groups is 3. The Balaban J connectivity index is 4.23. The highest BCUT2D eigenvalue weighted by Gasteiger charge is 2.21. The van der Waals surface area contributed by atoms with Crippen molar-refractivity contribution in [2.24, 2.45) is 0 Å². The summed E-state index contributed by atoms with van der Waals surface area (Å²) in [6, 6.07) is -2.42. The van der Waals surface area contributed by atoms with Crippen LogP contribution in [0.5, 0.6) is 0 Å². The van der Waals surface area contributed by atoms with Gasteiger partial charge in [0.15, 0.2) is 0 Å². The average Bonchev–Trinajstić information content (AvgIpc) is 2.43. The summed E-state index contributed by atoms with van der Waals surface area (Å²) in [5.41, 5.74) is 0. The molecule has 0 saturated carbocycles. The molecule has 0 aliphatic carbocycles. The number of urea groups is 1. The Morgan fingerprint density at radius 3 is 2.43 bits per heavy atom. The molecule has 2 unspecified atom stereocenters. The van der Waals surface area contributed by atoms with Gasteiger partial charge in [-0.1, -0.05) is 6.92 Å². The first kappa shape index (κ1) is 19.2. The summed E-state index contributed by atoms with van der Waals surface area (Å²) in [5.74, 6) is -1.43. The zero-order chi connectivity index (χ0) is 16.3. The summed E-state index contributed by atoms with van der Waals surface area (Å²) < 4.78 is 4.84. The van der Waals surface area contributed by atoms with Crippen molar-refractivity contribution in [3.63, 3.8) is 0 Å². The molecule has 0 bridgehead atoms. The van der Waals surface area contributed by atoms with Crippen LogP contribution >= 0.6 is 0 Å². The highest BCUT2D eigenvalue weighted by Crippen LogP contribution is 1.98. The third-order valence-corrected chi connectivity index (χ3v) is 2.73. The monoisotopic (exact) mass is 303 g/mol. The Morgan fingerprint density at radius 2 is 1.90 bits per heavy atom. The van der Waals surface area contributed by atoms with Gasteiger partial charge in [-0.15, -0.1) is 0 Å². The van der Waals surface area contributed by atoms with Crippen LogP contribution in [-0.4, -0.2) is 55.4 Å². The molecule has 8 nitrogen and oxygen atoms in total. The average molecular weight is 303 g/mol. The lowest BCUT2D eigenvalue weighted by Gasteiger charge is -2.18. The maximum Gasteiger partial charge on any atom is 0.326 e. The Labute approximate surface area is 124 Å². The number of hydrogen-bond acceptors (Lipinski definition) is 4. The van der Waals surface area contributed by atoms with Crippen LogP contribution in [0.1, 0.15) is 33.1 Å². The largest absolute Gasteiger partial charge is 0.480 e. The zero-order valence-electron chi connectivity index (χ0n) is 12.8. The molecule has 0 aromatic heterocycles. The topological polar surface area (TPSA) is 117 Å². The number of nitrogens with one attached hydrogen (secondary N) is 3. The van der Waals surface area contributed by atoms with Crippen LogP contribution in [0.3, 0.4) is 0 Å². The smallest absolute Gasteiger partial charge is 0.326 e. The number of ether oxygens (including phenoxy) is 1. The number of methoxy groups -OCH3 is 1. The van der Waals surface area contributed by atoms with Crippen LogP contribution in [0.25, 0.3) is 0 Å². The predicted molar refractivity (Wildman–Crippen MR) is 77.0 cm³/mol. The normalized spacial score (nSPS) is 13.1. The van der Waals surface area contributed by atoms with E-state index < -0.39 is 24.1 Å². The van der Waals surface area contributed by atoms with Crippen molar-refractivity contribution in [1.82, 2.24) is 16.0 Å². The third kappa shape index (κ3) is 8.85. The summed E-state index contributed by atoms with van der Waals surface area (Å²) in [6.07, 6.45) is 1.57. The first-order valence-electron chi connectivity index (χ1n) is 6.98. The second-order valence-electron chi connectivity index (χ2n) is 4.66. The summed E-state index contributed by atoms with van der Waals surface area (Å²) in [4.78, 5) is 34.3. The molecule has 0 rings (SSSR count). The number of hydrogen-bond donors (Lipinski definition) is 4. The van der Waals surface area contributed by atoms with E-state index in [-0.39, 0.29) is 12.3 Å². The van der Waals surface area contributed by atoms with E-state index in [4.69, 9.17) is 9.84 Å². The minimum atomic E-state index is -1.12. The van der Waals surface area contributed by atoms with Gasteiger partial charge in [0.2, 0.25) is 5.91 Å². The number of aliphatic carboxylic acids is 1. The zero-order valence-corrected chi connectivity index (χ0v) is 12.8. The van der Waals surface area contributed by atoms with Crippen molar-refractivity contribution >= 4 is 17.9 Å². The maximum absolute atomic E-state index is 11.7. The van der Waals surface area contributed by atoms with E-state index in [1.54, 1.807) is 0 Å². The molecule has 0 fully saturated rings. The predicted octanol–water partition coefficient (Wildman–Crippen LogP) is 0.0801. The van der Waals surface area contributed by atoms with E-state index in [9.17, 15) is 14.4 Å². The second-order valence-corrected chi connectivity index (χ2v) is 4.66. The van der Waals surface area contributed by atoms with E-state index in [1.807, 2.05) is 6.92 Å². The minimum Gasteiger partial charge on any atom is -0.480 e. The summed E-state index contributed by atoms with van der Waals surface area (Å²) in [7, 11) is 1.52. The van der Waals surface area contributed by atoms with Crippen molar-refractivity contribution in [1.29, 1.82) is 0 Å². The van der Waals surface area contributed by atoms with E-state index in [0.717, 1.165) is 6.42 Å². The van der Waals surface area contributed by atoms with Crippen LogP contribution in [-0.2, 0) is 14.3 Å². The Morgan fingerprint density at radius 1 is 1.24 bits per heavy atom. The third-order valence-electron chi connectivity index (χ3n) is 2.73. The van der Waals surface area contributed by atoms with Gasteiger partial charge in [-0.2, -0.15) is 0 Å².